The molecule has 31 heavy (non-hydrogen) atoms. The van der Waals surface area contributed by atoms with Crippen molar-refractivity contribution in [1.29, 1.82) is 0 Å². The zero-order valence-electron chi connectivity index (χ0n) is 18.1. The van der Waals surface area contributed by atoms with Crippen molar-refractivity contribution in [3.8, 4) is 11.5 Å². The molecule has 0 bridgehead atoms. The van der Waals surface area contributed by atoms with Crippen LogP contribution in [0.4, 0.5) is 5.82 Å². The van der Waals surface area contributed by atoms with Gasteiger partial charge in [0.05, 0.1) is 32.3 Å². The summed E-state index contributed by atoms with van der Waals surface area (Å²) >= 11 is 0. The van der Waals surface area contributed by atoms with E-state index in [1.807, 2.05) is 24.4 Å². The van der Waals surface area contributed by atoms with Crippen molar-refractivity contribution in [3.05, 3.63) is 65.1 Å². The van der Waals surface area contributed by atoms with E-state index in [0.29, 0.717) is 5.82 Å². The molecular formula is C24H29N5O2. The van der Waals surface area contributed by atoms with Gasteiger partial charge in [0.2, 0.25) is 0 Å². The summed E-state index contributed by atoms with van der Waals surface area (Å²) in [7, 11) is 3.35. The zero-order valence-corrected chi connectivity index (χ0v) is 18.1. The minimum absolute atomic E-state index is 0.532. The summed E-state index contributed by atoms with van der Waals surface area (Å²) in [5.74, 6) is 3.64. The molecule has 0 atom stereocenters. The van der Waals surface area contributed by atoms with E-state index in [9.17, 15) is 0 Å². The molecule has 162 valence electrons. The Bertz CT molecular complexity index is 1020. The van der Waals surface area contributed by atoms with Crippen LogP contribution < -0.4 is 15.2 Å². The maximum absolute atomic E-state index is 5.45. The van der Waals surface area contributed by atoms with Crippen molar-refractivity contribution in [3.63, 3.8) is 0 Å². The highest BCUT2D eigenvalue weighted by Crippen LogP contribution is 2.40. The molecule has 2 aliphatic carbocycles. The molecule has 5 rings (SSSR count). The number of ether oxygens (including phenoxy) is 2. The Kier molecular flexibility index (Phi) is 6.60. The Labute approximate surface area is 183 Å². The normalized spacial score (nSPS) is 15.0. The van der Waals surface area contributed by atoms with Gasteiger partial charge in [-0.2, -0.15) is 15.3 Å². The van der Waals surface area contributed by atoms with Crippen molar-refractivity contribution in [1.82, 2.24) is 20.4 Å². The molecular weight excluding hydrogens is 390 g/mol. The number of nitrogens with two attached hydrogens (primary N) is 1. The average molecular weight is 420 g/mol. The molecule has 0 amide bonds. The van der Waals surface area contributed by atoms with E-state index in [4.69, 9.17) is 15.2 Å². The van der Waals surface area contributed by atoms with Crippen LogP contribution >= 0.6 is 0 Å². The smallest absolute Gasteiger partial charge is 0.146 e. The minimum Gasteiger partial charge on any atom is -0.497 e. The van der Waals surface area contributed by atoms with Crippen LogP contribution in [0, 0.1) is 0 Å². The lowest BCUT2D eigenvalue weighted by atomic mass is 10.1. The van der Waals surface area contributed by atoms with Crippen LogP contribution in [-0.2, 0) is 12.8 Å². The molecule has 0 spiro atoms. The number of nitrogen functional groups attached to an aromatic ring is 1. The van der Waals surface area contributed by atoms with Crippen LogP contribution in [0.15, 0.2) is 42.7 Å². The van der Waals surface area contributed by atoms with Gasteiger partial charge in [0, 0.05) is 6.07 Å². The average Bonchev–Trinajstić information content (AvgIpc) is 3.71. The van der Waals surface area contributed by atoms with Gasteiger partial charge in [0.15, 0.2) is 0 Å². The third-order valence-electron chi connectivity index (χ3n) is 5.66. The summed E-state index contributed by atoms with van der Waals surface area (Å²) in [4.78, 5) is 0. The first-order valence-corrected chi connectivity index (χ1v) is 10.8. The van der Waals surface area contributed by atoms with Crippen LogP contribution in [-0.4, -0.2) is 34.6 Å². The number of rotatable bonds is 7. The second-order valence-corrected chi connectivity index (χ2v) is 8.12. The quantitative estimate of drug-likeness (QED) is 0.616. The van der Waals surface area contributed by atoms with Gasteiger partial charge in [-0.1, -0.05) is 6.07 Å². The highest BCUT2D eigenvalue weighted by atomic mass is 16.5. The Morgan fingerprint density at radius 2 is 1.52 bits per heavy atom. The van der Waals surface area contributed by atoms with Crippen LogP contribution in [0.3, 0.4) is 0 Å². The summed E-state index contributed by atoms with van der Waals surface area (Å²) in [6.45, 7) is 0. The maximum atomic E-state index is 5.45. The number of nitrogens with zero attached hydrogens (tertiary/aromatic N) is 4. The lowest BCUT2D eigenvalue weighted by molar-refractivity contribution is 0.391. The molecule has 2 N–H and O–H groups in total. The van der Waals surface area contributed by atoms with Crippen molar-refractivity contribution in [2.75, 3.05) is 20.0 Å². The molecule has 0 radical (unpaired) electrons. The number of aryl methyl sites for hydroxylation is 2. The molecule has 7 nitrogen and oxygen atoms in total. The molecule has 2 saturated carbocycles. The number of anilines is 1. The first kappa shape index (κ1) is 21.0. The number of methoxy groups -OCH3 is 2. The highest BCUT2D eigenvalue weighted by Gasteiger charge is 2.24. The molecule has 2 heterocycles. The van der Waals surface area contributed by atoms with Gasteiger partial charge in [-0.05, 0) is 85.3 Å². The number of aromatic nitrogens is 4. The van der Waals surface area contributed by atoms with Crippen molar-refractivity contribution >= 4 is 5.82 Å². The van der Waals surface area contributed by atoms with Gasteiger partial charge < -0.3 is 15.2 Å². The van der Waals surface area contributed by atoms with E-state index < -0.39 is 0 Å². The van der Waals surface area contributed by atoms with Gasteiger partial charge in [-0.25, -0.2) is 0 Å². The predicted octanol–water partition coefficient (Wildman–Crippen LogP) is 4.09. The zero-order chi connectivity index (χ0) is 21.6. The van der Waals surface area contributed by atoms with Crippen molar-refractivity contribution in [2.45, 2.75) is 50.4 Å². The summed E-state index contributed by atoms with van der Waals surface area (Å²) in [5.41, 5.74) is 10.2. The number of hydrogen-bond acceptors (Lipinski definition) is 7. The Balaban J connectivity index is 0.000000192. The molecule has 7 heteroatoms. The largest absolute Gasteiger partial charge is 0.497 e. The summed E-state index contributed by atoms with van der Waals surface area (Å²) in [6, 6.07) is 10.0. The van der Waals surface area contributed by atoms with Gasteiger partial charge in [-0.15, -0.1) is 5.10 Å². The van der Waals surface area contributed by atoms with E-state index >= 15 is 0 Å². The summed E-state index contributed by atoms with van der Waals surface area (Å²) in [6.07, 6.45) is 10.6. The third kappa shape index (κ3) is 5.90. The maximum Gasteiger partial charge on any atom is 0.146 e. The van der Waals surface area contributed by atoms with Crippen molar-refractivity contribution < 1.29 is 9.47 Å². The van der Waals surface area contributed by atoms with E-state index in [2.05, 4.69) is 32.5 Å². The number of hydrogen-bond donors (Lipinski definition) is 1. The predicted molar refractivity (Wildman–Crippen MR) is 119 cm³/mol. The van der Waals surface area contributed by atoms with E-state index in [1.54, 1.807) is 20.4 Å². The monoisotopic (exact) mass is 419 g/mol. The fraction of sp³-hybridized carbons (Fsp3) is 0.417. The SMILES string of the molecule is COc1ccc(CCc2cc(C3CC3)cnn2)c(OC)c1.Nc1cc(C2CC2)cnn1. The molecule has 0 unspecified atom stereocenters. The summed E-state index contributed by atoms with van der Waals surface area (Å²) < 4.78 is 10.7. The molecule has 0 aliphatic heterocycles. The van der Waals surface area contributed by atoms with E-state index in [1.165, 1.54) is 36.8 Å². The lowest BCUT2D eigenvalue weighted by Crippen LogP contribution is -2.00. The minimum atomic E-state index is 0.532. The van der Waals surface area contributed by atoms with Crippen molar-refractivity contribution in [2.24, 2.45) is 0 Å². The molecule has 2 aliphatic rings. The summed E-state index contributed by atoms with van der Waals surface area (Å²) in [5, 5.41) is 15.8. The van der Waals surface area contributed by atoms with E-state index in [0.717, 1.165) is 47.4 Å². The Morgan fingerprint density at radius 1 is 0.839 bits per heavy atom. The second-order valence-electron chi connectivity index (χ2n) is 8.12. The second kappa shape index (κ2) is 9.73. The molecule has 3 aromatic rings. The van der Waals surface area contributed by atoms with Crippen LogP contribution in [0.1, 0.15) is 59.9 Å². The first-order valence-electron chi connectivity index (χ1n) is 10.8. The Hall–Kier alpha value is -3.22. The lowest BCUT2D eigenvalue weighted by Gasteiger charge is -2.10. The van der Waals surface area contributed by atoms with E-state index in [-0.39, 0.29) is 0 Å². The fourth-order valence-corrected chi connectivity index (χ4v) is 3.55. The third-order valence-corrected chi connectivity index (χ3v) is 5.66. The number of benzene rings is 1. The molecule has 1 aromatic carbocycles. The highest BCUT2D eigenvalue weighted by molar-refractivity contribution is 5.41. The fourth-order valence-electron chi connectivity index (χ4n) is 3.55. The molecule has 0 saturated heterocycles. The van der Waals surface area contributed by atoms with Crippen LogP contribution in [0.25, 0.3) is 0 Å². The topological polar surface area (TPSA) is 96.0 Å². The molecule has 2 fully saturated rings. The van der Waals surface area contributed by atoms with Crippen LogP contribution in [0.2, 0.25) is 0 Å². The van der Waals surface area contributed by atoms with Gasteiger partial charge >= 0.3 is 0 Å². The molecule has 2 aromatic heterocycles. The van der Waals surface area contributed by atoms with Gasteiger partial charge in [-0.3, -0.25) is 0 Å². The van der Waals surface area contributed by atoms with Gasteiger partial charge in [0.1, 0.15) is 17.3 Å². The Morgan fingerprint density at radius 3 is 2.13 bits per heavy atom. The standard InChI is InChI=1S/C17H20N2O2.C7H9N3/c1-20-16-8-6-13(17(10-16)21-2)5-7-15-9-14(11-18-19-15)12-3-4-12;8-7-3-6(4-9-10-7)5-1-2-5/h6,8-12H,3-5,7H2,1-2H3;3-5H,1-2H2,(H2,8,10). The van der Waals surface area contributed by atoms with Crippen LogP contribution in [0.5, 0.6) is 11.5 Å². The first-order chi connectivity index (χ1) is 15.2. The van der Waals surface area contributed by atoms with Gasteiger partial charge in [0.25, 0.3) is 0 Å².